The summed E-state index contributed by atoms with van der Waals surface area (Å²) in [5.74, 6) is -0.502. The molecule has 1 heterocycles. The van der Waals surface area contributed by atoms with Crippen molar-refractivity contribution in [1.82, 2.24) is 10.2 Å². The number of nitrogens with one attached hydrogen (secondary N) is 1. The minimum absolute atomic E-state index is 0.176. The van der Waals surface area contributed by atoms with Crippen molar-refractivity contribution in [3.8, 4) is 0 Å². The predicted octanol–water partition coefficient (Wildman–Crippen LogP) is 1.68. The van der Waals surface area contributed by atoms with E-state index < -0.39 is 12.0 Å². The highest BCUT2D eigenvalue weighted by atomic mass is 16.4. The zero-order valence-electron chi connectivity index (χ0n) is 10.8. The van der Waals surface area contributed by atoms with Crippen LogP contribution < -0.4 is 5.32 Å². The van der Waals surface area contributed by atoms with Gasteiger partial charge in [0, 0.05) is 12.6 Å². The van der Waals surface area contributed by atoms with Crippen molar-refractivity contribution in [3.05, 3.63) is 0 Å². The molecule has 3 unspecified atom stereocenters. The van der Waals surface area contributed by atoms with Crippen LogP contribution in [0.2, 0.25) is 0 Å². The maximum Gasteiger partial charge on any atom is 0.326 e. The molecule has 0 aromatic heterocycles. The van der Waals surface area contributed by atoms with Gasteiger partial charge in [-0.3, -0.25) is 0 Å². The Hall–Kier alpha value is -1.26. The summed E-state index contributed by atoms with van der Waals surface area (Å²) in [6.07, 6.45) is 2.52. The molecular formula is C12H22N2O3. The minimum Gasteiger partial charge on any atom is -0.480 e. The Kier molecular flexibility index (Phi) is 4.78. The third kappa shape index (κ3) is 3.35. The van der Waals surface area contributed by atoms with Crippen LogP contribution in [0.3, 0.4) is 0 Å². The number of piperidine rings is 1. The number of amides is 2. The molecule has 1 aliphatic rings. The Labute approximate surface area is 102 Å². The summed E-state index contributed by atoms with van der Waals surface area (Å²) < 4.78 is 0. The molecule has 0 aromatic carbocycles. The SMILES string of the molecule is CCC(NC(=O)N1CCCC(C)C1C)C(=O)O. The van der Waals surface area contributed by atoms with Crippen molar-refractivity contribution in [3.63, 3.8) is 0 Å². The maximum atomic E-state index is 12.0. The van der Waals surface area contributed by atoms with E-state index in [0.29, 0.717) is 18.9 Å². The quantitative estimate of drug-likeness (QED) is 0.791. The maximum absolute atomic E-state index is 12.0. The van der Waals surface area contributed by atoms with Crippen molar-refractivity contribution < 1.29 is 14.7 Å². The summed E-state index contributed by atoms with van der Waals surface area (Å²) in [7, 11) is 0. The monoisotopic (exact) mass is 242 g/mol. The minimum atomic E-state index is -0.974. The summed E-state index contributed by atoms with van der Waals surface area (Å²) in [4.78, 5) is 24.6. The number of carboxylic acids is 1. The van der Waals surface area contributed by atoms with E-state index in [2.05, 4.69) is 12.2 Å². The Bertz CT molecular complexity index is 293. The van der Waals surface area contributed by atoms with Gasteiger partial charge in [-0.25, -0.2) is 9.59 Å². The van der Waals surface area contributed by atoms with Gasteiger partial charge in [-0.1, -0.05) is 13.8 Å². The fourth-order valence-corrected chi connectivity index (χ4v) is 2.19. The van der Waals surface area contributed by atoms with E-state index in [-0.39, 0.29) is 12.1 Å². The number of hydrogen-bond acceptors (Lipinski definition) is 2. The predicted molar refractivity (Wildman–Crippen MR) is 64.8 cm³/mol. The second-order valence-corrected chi connectivity index (χ2v) is 4.80. The lowest BCUT2D eigenvalue weighted by molar-refractivity contribution is -0.139. The highest BCUT2D eigenvalue weighted by Crippen LogP contribution is 2.22. The summed E-state index contributed by atoms with van der Waals surface area (Å²) >= 11 is 0. The van der Waals surface area contributed by atoms with Crippen molar-refractivity contribution in [1.29, 1.82) is 0 Å². The van der Waals surface area contributed by atoms with Gasteiger partial charge < -0.3 is 15.3 Å². The van der Waals surface area contributed by atoms with E-state index in [1.807, 2.05) is 6.92 Å². The zero-order chi connectivity index (χ0) is 13.0. The van der Waals surface area contributed by atoms with Crippen molar-refractivity contribution in [2.24, 2.45) is 5.92 Å². The first-order valence-electron chi connectivity index (χ1n) is 6.27. The Morgan fingerprint density at radius 1 is 1.47 bits per heavy atom. The molecule has 1 rings (SSSR count). The second-order valence-electron chi connectivity index (χ2n) is 4.80. The normalized spacial score (nSPS) is 26.4. The van der Waals surface area contributed by atoms with Crippen LogP contribution in [0.25, 0.3) is 0 Å². The number of hydrogen-bond donors (Lipinski definition) is 2. The van der Waals surface area contributed by atoms with Gasteiger partial charge in [-0.2, -0.15) is 0 Å². The van der Waals surface area contributed by atoms with Crippen molar-refractivity contribution in [2.75, 3.05) is 6.54 Å². The average molecular weight is 242 g/mol. The first-order chi connectivity index (χ1) is 7.97. The molecule has 1 fully saturated rings. The lowest BCUT2D eigenvalue weighted by atomic mass is 9.92. The molecule has 98 valence electrons. The van der Waals surface area contributed by atoms with Gasteiger partial charge >= 0.3 is 12.0 Å². The molecule has 0 saturated carbocycles. The number of carbonyl (C=O) groups is 2. The van der Waals surface area contributed by atoms with Gasteiger partial charge in [0.15, 0.2) is 0 Å². The first-order valence-corrected chi connectivity index (χ1v) is 6.27. The first kappa shape index (κ1) is 13.8. The molecule has 0 aromatic rings. The summed E-state index contributed by atoms with van der Waals surface area (Å²) in [5, 5.41) is 11.5. The van der Waals surface area contributed by atoms with Gasteiger partial charge in [0.1, 0.15) is 6.04 Å². The van der Waals surface area contributed by atoms with E-state index in [1.54, 1.807) is 11.8 Å². The molecule has 0 aliphatic carbocycles. The largest absolute Gasteiger partial charge is 0.480 e. The molecule has 17 heavy (non-hydrogen) atoms. The zero-order valence-corrected chi connectivity index (χ0v) is 10.8. The molecular weight excluding hydrogens is 220 g/mol. The molecule has 1 saturated heterocycles. The second kappa shape index (κ2) is 5.89. The number of carboxylic acid groups (broad SMARTS) is 1. The summed E-state index contributed by atoms with van der Waals surface area (Å²) in [5.41, 5.74) is 0. The van der Waals surface area contributed by atoms with Gasteiger partial charge in [0.2, 0.25) is 0 Å². The molecule has 2 N–H and O–H groups in total. The number of nitrogens with zero attached hydrogens (tertiary/aromatic N) is 1. The molecule has 2 amide bonds. The molecule has 0 bridgehead atoms. The standard InChI is InChI=1S/C12H22N2O3/c1-4-10(11(15)16)13-12(17)14-7-5-6-8(2)9(14)3/h8-10H,4-7H2,1-3H3,(H,13,17)(H,15,16). The van der Waals surface area contributed by atoms with Crippen LogP contribution in [0.1, 0.15) is 40.0 Å². The number of carbonyl (C=O) groups excluding carboxylic acids is 1. The van der Waals surface area contributed by atoms with Crippen molar-refractivity contribution in [2.45, 2.75) is 52.1 Å². The average Bonchev–Trinajstić information content (AvgIpc) is 2.28. The fraction of sp³-hybridized carbons (Fsp3) is 0.833. The number of rotatable bonds is 3. The van der Waals surface area contributed by atoms with E-state index in [9.17, 15) is 9.59 Å². The molecule has 5 heteroatoms. The number of aliphatic carboxylic acids is 1. The van der Waals surface area contributed by atoms with Crippen LogP contribution in [0, 0.1) is 5.92 Å². The lowest BCUT2D eigenvalue weighted by Gasteiger charge is -2.38. The third-order valence-electron chi connectivity index (χ3n) is 3.64. The third-order valence-corrected chi connectivity index (χ3v) is 3.64. The Morgan fingerprint density at radius 2 is 2.12 bits per heavy atom. The molecule has 0 radical (unpaired) electrons. The van der Waals surface area contributed by atoms with Gasteiger partial charge in [-0.05, 0) is 32.1 Å². The van der Waals surface area contributed by atoms with Gasteiger partial charge in [0.25, 0.3) is 0 Å². The summed E-state index contributed by atoms with van der Waals surface area (Å²) in [6.45, 7) is 6.61. The van der Waals surface area contributed by atoms with Crippen LogP contribution in [-0.4, -0.2) is 40.6 Å². The van der Waals surface area contributed by atoms with Crippen molar-refractivity contribution >= 4 is 12.0 Å². The number of urea groups is 1. The smallest absolute Gasteiger partial charge is 0.326 e. The molecule has 1 aliphatic heterocycles. The van der Waals surface area contributed by atoms with E-state index in [1.165, 1.54) is 0 Å². The lowest BCUT2D eigenvalue weighted by Crippen LogP contribution is -2.53. The van der Waals surface area contributed by atoms with Crippen LogP contribution in [0.15, 0.2) is 0 Å². The molecule has 5 nitrogen and oxygen atoms in total. The van der Waals surface area contributed by atoms with E-state index in [4.69, 9.17) is 5.11 Å². The van der Waals surface area contributed by atoms with Crippen LogP contribution in [-0.2, 0) is 4.79 Å². The van der Waals surface area contributed by atoms with Gasteiger partial charge in [0.05, 0.1) is 0 Å². The van der Waals surface area contributed by atoms with Crippen LogP contribution in [0.5, 0.6) is 0 Å². The molecule has 3 atom stereocenters. The van der Waals surface area contributed by atoms with Gasteiger partial charge in [-0.15, -0.1) is 0 Å². The van der Waals surface area contributed by atoms with E-state index >= 15 is 0 Å². The summed E-state index contributed by atoms with van der Waals surface area (Å²) in [6, 6.07) is -0.861. The number of likely N-dealkylation sites (tertiary alicyclic amines) is 1. The van der Waals surface area contributed by atoms with Crippen LogP contribution >= 0.6 is 0 Å². The van der Waals surface area contributed by atoms with Crippen LogP contribution in [0.4, 0.5) is 4.79 Å². The Morgan fingerprint density at radius 3 is 2.65 bits per heavy atom. The van der Waals surface area contributed by atoms with E-state index in [0.717, 1.165) is 12.8 Å². The Balaban J connectivity index is 2.60. The topological polar surface area (TPSA) is 69.6 Å². The highest BCUT2D eigenvalue weighted by Gasteiger charge is 2.30. The molecule has 0 spiro atoms. The fourth-order valence-electron chi connectivity index (χ4n) is 2.19. The highest BCUT2D eigenvalue weighted by molar-refractivity contribution is 5.82.